The minimum Gasteiger partial charge on any atom is -0.505 e. The van der Waals surface area contributed by atoms with Crippen LogP contribution in [-0.2, 0) is 0 Å². The highest BCUT2D eigenvalue weighted by Gasteiger charge is 2.14. The maximum atomic E-state index is 12.2. The Bertz CT molecular complexity index is 659. The maximum Gasteiger partial charge on any atom is 0.257 e. The van der Waals surface area contributed by atoms with Crippen LogP contribution < -0.4 is 15.8 Å². The Morgan fingerprint density at radius 3 is 2.80 bits per heavy atom. The Morgan fingerprint density at radius 1 is 1.35 bits per heavy atom. The Balaban J connectivity index is 2.30. The Morgan fingerprint density at radius 2 is 2.10 bits per heavy atom. The lowest BCUT2D eigenvalue weighted by molar-refractivity contribution is 0.102. The SMILES string of the molecule is COc1ccc(N)c(C(=O)Nc2cccc(Br)c2O)c1. The van der Waals surface area contributed by atoms with Crippen LogP contribution in [0.1, 0.15) is 10.4 Å². The number of nitrogen functional groups attached to an aromatic ring is 1. The number of phenols is 1. The van der Waals surface area contributed by atoms with Gasteiger partial charge < -0.3 is 20.9 Å². The van der Waals surface area contributed by atoms with E-state index in [-0.39, 0.29) is 11.3 Å². The first kappa shape index (κ1) is 14.2. The van der Waals surface area contributed by atoms with Crippen molar-refractivity contribution in [3.8, 4) is 11.5 Å². The van der Waals surface area contributed by atoms with E-state index in [0.717, 1.165) is 0 Å². The largest absolute Gasteiger partial charge is 0.505 e. The monoisotopic (exact) mass is 336 g/mol. The minimum atomic E-state index is -0.421. The number of hydrogen-bond donors (Lipinski definition) is 3. The number of rotatable bonds is 3. The maximum absolute atomic E-state index is 12.2. The molecule has 20 heavy (non-hydrogen) atoms. The van der Waals surface area contributed by atoms with Crippen molar-refractivity contribution >= 4 is 33.2 Å². The van der Waals surface area contributed by atoms with Crippen molar-refractivity contribution in [3.63, 3.8) is 0 Å². The molecular formula is C14H13BrN2O3. The van der Waals surface area contributed by atoms with Gasteiger partial charge in [0.2, 0.25) is 0 Å². The molecule has 1 amide bonds. The van der Waals surface area contributed by atoms with E-state index in [1.54, 1.807) is 36.4 Å². The number of amides is 1. The van der Waals surface area contributed by atoms with Crippen molar-refractivity contribution in [2.75, 3.05) is 18.2 Å². The molecule has 0 bridgehead atoms. The van der Waals surface area contributed by atoms with Gasteiger partial charge in [-0.05, 0) is 46.3 Å². The van der Waals surface area contributed by atoms with Crippen LogP contribution in [0.5, 0.6) is 11.5 Å². The van der Waals surface area contributed by atoms with Gasteiger partial charge in [0.15, 0.2) is 5.75 Å². The summed E-state index contributed by atoms with van der Waals surface area (Å²) in [6.07, 6.45) is 0. The van der Waals surface area contributed by atoms with Gasteiger partial charge in [-0.3, -0.25) is 4.79 Å². The predicted octanol–water partition coefficient (Wildman–Crippen LogP) is 3.00. The van der Waals surface area contributed by atoms with Gasteiger partial charge in [-0.1, -0.05) is 6.07 Å². The standard InChI is InChI=1S/C14H13BrN2O3/c1-20-8-5-6-11(16)9(7-8)14(19)17-12-4-2-3-10(15)13(12)18/h2-7,18H,16H2,1H3,(H,17,19). The van der Waals surface area contributed by atoms with E-state index in [2.05, 4.69) is 21.2 Å². The molecule has 0 aliphatic heterocycles. The summed E-state index contributed by atoms with van der Waals surface area (Å²) in [7, 11) is 1.51. The topological polar surface area (TPSA) is 84.6 Å². The van der Waals surface area contributed by atoms with Crippen LogP contribution in [0.25, 0.3) is 0 Å². The summed E-state index contributed by atoms with van der Waals surface area (Å²) >= 11 is 3.18. The van der Waals surface area contributed by atoms with Crippen LogP contribution in [0, 0.1) is 0 Å². The van der Waals surface area contributed by atoms with Gasteiger partial charge in [-0.15, -0.1) is 0 Å². The zero-order chi connectivity index (χ0) is 14.7. The number of carbonyl (C=O) groups excluding carboxylic acids is 1. The Kier molecular flexibility index (Phi) is 4.14. The molecule has 0 aliphatic rings. The molecule has 2 aromatic carbocycles. The average Bonchev–Trinajstić information content (AvgIpc) is 2.44. The van der Waals surface area contributed by atoms with Crippen LogP contribution in [0.4, 0.5) is 11.4 Å². The van der Waals surface area contributed by atoms with E-state index in [4.69, 9.17) is 10.5 Å². The van der Waals surface area contributed by atoms with E-state index in [1.807, 2.05) is 0 Å². The van der Waals surface area contributed by atoms with Gasteiger partial charge in [0.1, 0.15) is 5.75 Å². The summed E-state index contributed by atoms with van der Waals surface area (Å²) in [5, 5.41) is 12.5. The number of nitrogens with two attached hydrogens (primary N) is 1. The molecule has 0 fully saturated rings. The summed E-state index contributed by atoms with van der Waals surface area (Å²) in [5.41, 5.74) is 6.69. The van der Waals surface area contributed by atoms with E-state index >= 15 is 0 Å². The number of halogens is 1. The van der Waals surface area contributed by atoms with Gasteiger partial charge in [-0.25, -0.2) is 0 Å². The van der Waals surface area contributed by atoms with Crippen LogP contribution >= 0.6 is 15.9 Å². The fourth-order valence-corrected chi connectivity index (χ4v) is 2.03. The molecule has 0 unspecified atom stereocenters. The number of benzene rings is 2. The van der Waals surface area contributed by atoms with E-state index in [0.29, 0.717) is 21.6 Å². The van der Waals surface area contributed by atoms with Gasteiger partial charge in [0.05, 0.1) is 22.8 Å². The lowest BCUT2D eigenvalue weighted by Gasteiger charge is -2.11. The van der Waals surface area contributed by atoms with Crippen LogP contribution in [-0.4, -0.2) is 18.1 Å². The number of aromatic hydroxyl groups is 1. The second-order valence-electron chi connectivity index (χ2n) is 4.04. The number of hydrogen-bond acceptors (Lipinski definition) is 4. The third-order valence-corrected chi connectivity index (χ3v) is 3.38. The second-order valence-corrected chi connectivity index (χ2v) is 4.90. The number of methoxy groups -OCH3 is 1. The molecule has 6 heteroatoms. The summed E-state index contributed by atoms with van der Waals surface area (Å²) in [4.78, 5) is 12.2. The highest BCUT2D eigenvalue weighted by Crippen LogP contribution is 2.32. The van der Waals surface area contributed by atoms with Crippen molar-refractivity contribution in [2.24, 2.45) is 0 Å². The highest BCUT2D eigenvalue weighted by molar-refractivity contribution is 9.10. The van der Waals surface area contributed by atoms with Gasteiger partial charge in [0.25, 0.3) is 5.91 Å². The summed E-state index contributed by atoms with van der Waals surface area (Å²) < 4.78 is 5.55. The molecule has 104 valence electrons. The fourth-order valence-electron chi connectivity index (χ4n) is 1.66. The zero-order valence-corrected chi connectivity index (χ0v) is 12.3. The normalized spacial score (nSPS) is 10.1. The molecule has 0 spiro atoms. The highest BCUT2D eigenvalue weighted by atomic mass is 79.9. The first-order valence-electron chi connectivity index (χ1n) is 5.75. The molecule has 4 N–H and O–H groups in total. The summed E-state index contributed by atoms with van der Waals surface area (Å²) in [6.45, 7) is 0. The molecule has 0 aliphatic carbocycles. The van der Waals surface area contributed by atoms with Crippen molar-refractivity contribution in [2.45, 2.75) is 0 Å². The van der Waals surface area contributed by atoms with Gasteiger partial charge in [-0.2, -0.15) is 0 Å². The number of ether oxygens (including phenoxy) is 1. The predicted molar refractivity (Wildman–Crippen MR) is 81.2 cm³/mol. The molecule has 0 saturated carbocycles. The molecule has 5 nitrogen and oxygen atoms in total. The molecule has 0 aromatic heterocycles. The van der Waals surface area contributed by atoms with E-state index in [9.17, 15) is 9.90 Å². The average molecular weight is 337 g/mol. The van der Waals surface area contributed by atoms with Crippen molar-refractivity contribution in [1.29, 1.82) is 0 Å². The molecule has 0 atom stereocenters. The van der Waals surface area contributed by atoms with Gasteiger partial charge in [0, 0.05) is 5.69 Å². The van der Waals surface area contributed by atoms with Crippen LogP contribution in [0.15, 0.2) is 40.9 Å². The summed E-state index contributed by atoms with van der Waals surface area (Å²) in [5.74, 6) is 0.0694. The van der Waals surface area contributed by atoms with Crippen LogP contribution in [0.2, 0.25) is 0 Å². The van der Waals surface area contributed by atoms with Crippen molar-refractivity contribution in [1.82, 2.24) is 0 Å². The molecule has 2 rings (SSSR count). The fraction of sp³-hybridized carbons (Fsp3) is 0.0714. The zero-order valence-electron chi connectivity index (χ0n) is 10.7. The van der Waals surface area contributed by atoms with Crippen molar-refractivity contribution < 1.29 is 14.6 Å². The number of nitrogens with one attached hydrogen (secondary N) is 1. The third kappa shape index (κ3) is 2.85. The quantitative estimate of drug-likeness (QED) is 0.594. The molecule has 0 radical (unpaired) electrons. The first-order valence-corrected chi connectivity index (χ1v) is 6.54. The Labute approximate surface area is 124 Å². The number of para-hydroxylation sites is 1. The molecule has 0 heterocycles. The first-order chi connectivity index (χ1) is 9.52. The van der Waals surface area contributed by atoms with Gasteiger partial charge >= 0.3 is 0 Å². The number of anilines is 2. The van der Waals surface area contributed by atoms with E-state index < -0.39 is 5.91 Å². The molecular weight excluding hydrogens is 324 g/mol. The minimum absolute atomic E-state index is 0.0395. The lowest BCUT2D eigenvalue weighted by atomic mass is 10.1. The second kappa shape index (κ2) is 5.83. The third-order valence-electron chi connectivity index (χ3n) is 2.74. The van der Waals surface area contributed by atoms with E-state index in [1.165, 1.54) is 7.11 Å². The number of phenolic OH excluding ortho intramolecular Hbond substituents is 1. The molecule has 2 aromatic rings. The molecule has 0 saturated heterocycles. The van der Waals surface area contributed by atoms with Crippen molar-refractivity contribution in [3.05, 3.63) is 46.4 Å². The lowest BCUT2D eigenvalue weighted by Crippen LogP contribution is -2.14. The smallest absolute Gasteiger partial charge is 0.257 e. The summed E-state index contributed by atoms with van der Waals surface area (Å²) in [6, 6.07) is 9.77. The van der Waals surface area contributed by atoms with Crippen LogP contribution in [0.3, 0.4) is 0 Å². The Hall–Kier alpha value is -2.21. The number of carbonyl (C=O) groups is 1.